The van der Waals surface area contributed by atoms with Crippen LogP contribution in [0.25, 0.3) is 16.7 Å². The summed E-state index contributed by atoms with van der Waals surface area (Å²) in [6.45, 7) is -2.83. The lowest BCUT2D eigenvalue weighted by atomic mass is 10.2. The Morgan fingerprint density at radius 2 is 1.86 bits per heavy atom. The number of nitrogens with one attached hydrogen (secondary N) is 1. The first-order chi connectivity index (χ1) is 10.0. The molecule has 0 spiro atoms. The van der Waals surface area contributed by atoms with E-state index in [1.54, 1.807) is 12.1 Å². The van der Waals surface area contributed by atoms with Gasteiger partial charge in [0.15, 0.2) is 4.77 Å². The van der Waals surface area contributed by atoms with Gasteiger partial charge in [-0.1, -0.05) is 0 Å². The predicted octanol–water partition coefficient (Wildman–Crippen LogP) is 4.89. The Morgan fingerprint density at radius 1 is 1.14 bits per heavy atom. The molecule has 0 atom stereocenters. The molecular weight excluding hydrogens is 409 g/mol. The lowest BCUT2D eigenvalue weighted by molar-refractivity contribution is -0.0498. The smallest absolute Gasteiger partial charge is 0.387 e. The summed E-state index contributed by atoms with van der Waals surface area (Å²) >= 11 is 7.56. The molecule has 0 amide bonds. The van der Waals surface area contributed by atoms with E-state index in [1.165, 1.54) is 12.1 Å². The van der Waals surface area contributed by atoms with Crippen molar-refractivity contribution in [2.75, 3.05) is 0 Å². The van der Waals surface area contributed by atoms with Crippen LogP contribution in [-0.4, -0.2) is 16.2 Å². The summed E-state index contributed by atoms with van der Waals surface area (Å²) in [5.74, 6) is 0.120. The third kappa shape index (κ3) is 2.93. The predicted molar refractivity (Wildman–Crippen MR) is 87.8 cm³/mol. The number of hydrogen-bond donors (Lipinski definition) is 1. The number of hydrogen-bond acceptors (Lipinski definition) is 2. The first kappa shape index (κ1) is 14.5. The number of aromatic amines is 1. The topological polar surface area (TPSA) is 29.9 Å². The van der Waals surface area contributed by atoms with Crippen LogP contribution in [0.1, 0.15) is 0 Å². The summed E-state index contributed by atoms with van der Waals surface area (Å²) in [5.41, 5.74) is 2.65. The number of halogens is 3. The van der Waals surface area contributed by atoms with Crippen LogP contribution in [0.2, 0.25) is 0 Å². The molecule has 108 valence electrons. The maximum Gasteiger partial charge on any atom is 0.387 e. The van der Waals surface area contributed by atoms with Gasteiger partial charge >= 0.3 is 6.61 Å². The van der Waals surface area contributed by atoms with Crippen molar-refractivity contribution in [3.63, 3.8) is 0 Å². The summed E-state index contributed by atoms with van der Waals surface area (Å²) in [4.78, 5) is 3.13. The van der Waals surface area contributed by atoms with Crippen molar-refractivity contribution >= 4 is 45.8 Å². The summed E-state index contributed by atoms with van der Waals surface area (Å²) in [7, 11) is 0. The highest BCUT2D eigenvalue weighted by molar-refractivity contribution is 14.1. The second kappa shape index (κ2) is 5.72. The number of imidazole rings is 1. The van der Waals surface area contributed by atoms with Crippen molar-refractivity contribution in [1.82, 2.24) is 9.55 Å². The van der Waals surface area contributed by atoms with Crippen molar-refractivity contribution < 1.29 is 13.5 Å². The largest absolute Gasteiger partial charge is 0.435 e. The van der Waals surface area contributed by atoms with Crippen LogP contribution in [0.15, 0.2) is 42.5 Å². The van der Waals surface area contributed by atoms with Crippen LogP contribution in [0.4, 0.5) is 8.78 Å². The minimum atomic E-state index is -2.83. The highest BCUT2D eigenvalue weighted by Gasteiger charge is 2.08. The van der Waals surface area contributed by atoms with Crippen molar-refractivity contribution in [2.45, 2.75) is 6.61 Å². The quantitative estimate of drug-likeness (QED) is 0.485. The minimum Gasteiger partial charge on any atom is -0.435 e. The fourth-order valence-corrected chi connectivity index (χ4v) is 2.92. The van der Waals surface area contributed by atoms with Crippen LogP contribution >= 0.6 is 34.8 Å². The summed E-state index contributed by atoms with van der Waals surface area (Å²) in [5, 5.41) is 0. The molecule has 0 fully saturated rings. The molecule has 0 saturated carbocycles. The number of aromatic nitrogens is 2. The molecule has 3 nitrogen and oxygen atoms in total. The van der Waals surface area contributed by atoms with E-state index in [0.717, 1.165) is 20.3 Å². The molecule has 0 aliphatic carbocycles. The second-order valence-electron chi connectivity index (χ2n) is 4.30. The fourth-order valence-electron chi connectivity index (χ4n) is 2.12. The first-order valence-electron chi connectivity index (χ1n) is 6.00. The Hall–Kier alpha value is -1.48. The maximum atomic E-state index is 12.2. The molecule has 0 saturated heterocycles. The van der Waals surface area contributed by atoms with E-state index in [0.29, 0.717) is 4.77 Å². The molecule has 0 aliphatic rings. The molecule has 0 bridgehead atoms. The molecule has 1 aromatic heterocycles. The number of H-pyrrole nitrogens is 1. The van der Waals surface area contributed by atoms with Gasteiger partial charge in [0.25, 0.3) is 0 Å². The zero-order valence-corrected chi connectivity index (χ0v) is 13.5. The summed E-state index contributed by atoms with van der Waals surface area (Å²) in [6.07, 6.45) is 0. The molecular formula is C14H9F2IN2OS. The summed E-state index contributed by atoms with van der Waals surface area (Å²) in [6, 6.07) is 12.3. The van der Waals surface area contributed by atoms with Crippen LogP contribution < -0.4 is 4.74 Å². The molecule has 3 aromatic rings. The Morgan fingerprint density at radius 3 is 2.52 bits per heavy atom. The molecule has 2 aromatic carbocycles. The van der Waals surface area contributed by atoms with Gasteiger partial charge in [-0.2, -0.15) is 8.78 Å². The Kier molecular flexibility index (Phi) is 3.94. The van der Waals surface area contributed by atoms with Gasteiger partial charge in [-0.15, -0.1) is 0 Å². The fraction of sp³-hybridized carbons (Fsp3) is 0.0714. The zero-order chi connectivity index (χ0) is 15.0. The monoisotopic (exact) mass is 418 g/mol. The molecule has 1 heterocycles. The average Bonchev–Trinajstić information content (AvgIpc) is 2.74. The molecule has 7 heteroatoms. The highest BCUT2D eigenvalue weighted by atomic mass is 127. The van der Waals surface area contributed by atoms with E-state index in [4.69, 9.17) is 12.2 Å². The first-order valence-corrected chi connectivity index (χ1v) is 7.49. The van der Waals surface area contributed by atoms with E-state index < -0.39 is 6.61 Å². The Bertz CT molecular complexity index is 842. The van der Waals surface area contributed by atoms with Gasteiger partial charge in [0.05, 0.1) is 11.0 Å². The molecule has 0 aliphatic heterocycles. The van der Waals surface area contributed by atoms with Crippen LogP contribution in [0.3, 0.4) is 0 Å². The molecule has 1 N–H and O–H groups in total. The van der Waals surface area contributed by atoms with Crippen molar-refractivity contribution in [3.8, 4) is 11.4 Å². The minimum absolute atomic E-state index is 0.120. The third-order valence-electron chi connectivity index (χ3n) is 2.96. The van der Waals surface area contributed by atoms with Gasteiger partial charge in [0, 0.05) is 9.26 Å². The van der Waals surface area contributed by atoms with Crippen LogP contribution in [0, 0.1) is 8.34 Å². The van der Waals surface area contributed by atoms with Crippen molar-refractivity contribution in [2.24, 2.45) is 0 Å². The van der Waals surface area contributed by atoms with Gasteiger partial charge in [-0.3, -0.25) is 4.57 Å². The van der Waals surface area contributed by atoms with Crippen LogP contribution in [0.5, 0.6) is 5.75 Å². The Labute approximate surface area is 137 Å². The second-order valence-corrected chi connectivity index (χ2v) is 5.93. The van der Waals surface area contributed by atoms with E-state index in [1.807, 2.05) is 22.8 Å². The van der Waals surface area contributed by atoms with Gasteiger partial charge in [0.1, 0.15) is 5.75 Å². The van der Waals surface area contributed by atoms with Gasteiger partial charge < -0.3 is 9.72 Å². The normalized spacial score (nSPS) is 11.2. The van der Waals surface area contributed by atoms with Gasteiger partial charge in [-0.25, -0.2) is 0 Å². The van der Waals surface area contributed by atoms with E-state index in [-0.39, 0.29) is 5.75 Å². The number of nitrogens with zero attached hydrogens (tertiary/aromatic N) is 1. The van der Waals surface area contributed by atoms with Gasteiger partial charge in [0.2, 0.25) is 0 Å². The number of benzene rings is 2. The zero-order valence-electron chi connectivity index (χ0n) is 10.5. The molecule has 0 radical (unpaired) electrons. The average molecular weight is 418 g/mol. The number of ether oxygens (including phenoxy) is 1. The van der Waals surface area contributed by atoms with E-state index in [2.05, 4.69) is 32.3 Å². The Balaban J connectivity index is 2.08. The summed E-state index contributed by atoms with van der Waals surface area (Å²) < 4.78 is 32.2. The third-order valence-corrected chi connectivity index (χ3v) is 3.92. The van der Waals surface area contributed by atoms with Crippen molar-refractivity contribution in [1.29, 1.82) is 0 Å². The van der Waals surface area contributed by atoms with Crippen LogP contribution in [-0.2, 0) is 0 Å². The number of fused-ring (bicyclic) bond motifs is 1. The molecule has 3 rings (SSSR count). The lowest BCUT2D eigenvalue weighted by Gasteiger charge is -2.07. The van der Waals surface area contributed by atoms with Gasteiger partial charge in [-0.05, 0) is 77.3 Å². The van der Waals surface area contributed by atoms with E-state index in [9.17, 15) is 8.78 Å². The van der Waals surface area contributed by atoms with E-state index >= 15 is 0 Å². The number of alkyl halides is 2. The lowest BCUT2D eigenvalue weighted by Crippen LogP contribution is -2.02. The van der Waals surface area contributed by atoms with Crippen molar-refractivity contribution in [3.05, 3.63) is 50.8 Å². The molecule has 0 unspecified atom stereocenters. The SMILES string of the molecule is FC(F)Oc1ccc(-n2c(=S)[nH]c3cc(I)ccc32)cc1. The molecule has 21 heavy (non-hydrogen) atoms. The standard InChI is InChI=1S/C14H9F2IN2OS/c15-13(16)20-10-4-2-9(3-5-10)19-12-6-1-8(17)7-11(12)18-14(19)21/h1-7,13H,(H,18,21). The number of rotatable bonds is 3. The maximum absolute atomic E-state index is 12.2. The highest BCUT2D eigenvalue weighted by Crippen LogP contribution is 2.23.